The van der Waals surface area contributed by atoms with Crippen molar-refractivity contribution in [3.8, 4) is 0 Å². The van der Waals surface area contributed by atoms with E-state index in [4.69, 9.17) is 4.74 Å². The molecule has 0 N–H and O–H groups in total. The third-order valence-corrected chi connectivity index (χ3v) is 6.81. The molecule has 0 spiro atoms. The Hall–Kier alpha value is -0.830. The van der Waals surface area contributed by atoms with Crippen LogP contribution in [0.2, 0.25) is 0 Å². The van der Waals surface area contributed by atoms with Gasteiger partial charge in [0.2, 0.25) is 0 Å². The number of ether oxygens (including phenoxy) is 1. The van der Waals surface area contributed by atoms with Gasteiger partial charge in [0.1, 0.15) is 5.60 Å². The van der Waals surface area contributed by atoms with Crippen LogP contribution in [0.15, 0.2) is 30.3 Å². The highest BCUT2D eigenvalue weighted by molar-refractivity contribution is 9.09. The molecule has 1 saturated heterocycles. The summed E-state index contributed by atoms with van der Waals surface area (Å²) in [6.07, 6.45) is 2.75. The van der Waals surface area contributed by atoms with Crippen LogP contribution in [0.25, 0.3) is 0 Å². The van der Waals surface area contributed by atoms with Crippen LogP contribution in [0.4, 0.5) is 0 Å². The lowest BCUT2D eigenvalue weighted by Crippen LogP contribution is -2.41. The lowest BCUT2D eigenvalue weighted by molar-refractivity contribution is -0.160. The fourth-order valence-electron chi connectivity index (χ4n) is 3.87. The molecule has 3 rings (SSSR count). The molecule has 0 radical (unpaired) electrons. The van der Waals surface area contributed by atoms with E-state index in [0.29, 0.717) is 0 Å². The van der Waals surface area contributed by atoms with Crippen LogP contribution in [0.5, 0.6) is 0 Å². The van der Waals surface area contributed by atoms with Crippen LogP contribution < -0.4 is 0 Å². The van der Waals surface area contributed by atoms with Crippen molar-refractivity contribution in [1.29, 1.82) is 0 Å². The van der Waals surface area contributed by atoms with Crippen LogP contribution in [-0.4, -0.2) is 11.6 Å². The summed E-state index contributed by atoms with van der Waals surface area (Å²) in [6, 6.07) is 10.4. The number of halogens is 1. The highest BCUT2D eigenvalue weighted by atomic mass is 79.9. The molecular formula is C17H21BrO2. The maximum absolute atomic E-state index is 12.3. The van der Waals surface area contributed by atoms with Crippen molar-refractivity contribution in [2.24, 2.45) is 10.8 Å². The number of carbonyl (C=O) groups is 1. The number of rotatable bonds is 3. The minimum absolute atomic E-state index is 0.0125. The number of esters is 1. The standard InChI is InChI=1S/C17H21BrO2/c1-15(2)16(3)9-10-17(15,20-14(16)19)11-13(18)12-7-5-4-6-8-12/h4-8,13H,9-11H2,1-3H3/t13-,16-,17+/m0/s1. The van der Waals surface area contributed by atoms with Gasteiger partial charge >= 0.3 is 5.97 Å². The van der Waals surface area contributed by atoms with Gasteiger partial charge in [0.15, 0.2) is 0 Å². The van der Waals surface area contributed by atoms with Crippen LogP contribution in [-0.2, 0) is 9.53 Å². The van der Waals surface area contributed by atoms with Crippen molar-refractivity contribution in [2.75, 3.05) is 0 Å². The summed E-state index contributed by atoms with van der Waals surface area (Å²) < 4.78 is 5.89. The summed E-state index contributed by atoms with van der Waals surface area (Å²) >= 11 is 3.79. The Morgan fingerprint density at radius 1 is 1.20 bits per heavy atom. The Labute approximate surface area is 129 Å². The molecule has 3 heteroatoms. The van der Waals surface area contributed by atoms with E-state index < -0.39 is 0 Å². The number of alkyl halides is 1. The van der Waals surface area contributed by atoms with Gasteiger partial charge in [0, 0.05) is 16.7 Å². The maximum atomic E-state index is 12.3. The van der Waals surface area contributed by atoms with Crippen LogP contribution in [0.3, 0.4) is 0 Å². The second kappa shape index (κ2) is 4.33. The molecule has 2 fully saturated rings. The summed E-state index contributed by atoms with van der Waals surface area (Å²) in [5, 5.41) is 0. The van der Waals surface area contributed by atoms with Crippen LogP contribution in [0, 0.1) is 10.8 Å². The summed E-state index contributed by atoms with van der Waals surface area (Å²) in [7, 11) is 0. The zero-order chi connectivity index (χ0) is 14.6. The zero-order valence-corrected chi connectivity index (χ0v) is 13.9. The van der Waals surface area contributed by atoms with E-state index in [9.17, 15) is 4.79 Å². The summed E-state index contributed by atoms with van der Waals surface area (Å²) in [5.41, 5.74) is 0.478. The molecule has 20 heavy (non-hydrogen) atoms. The van der Waals surface area contributed by atoms with Gasteiger partial charge in [0.25, 0.3) is 0 Å². The number of fused-ring (bicyclic) bond motifs is 2. The van der Waals surface area contributed by atoms with Crippen molar-refractivity contribution >= 4 is 21.9 Å². The third kappa shape index (κ3) is 1.65. The SMILES string of the molecule is CC1(C)[C@]2(C[C@H](Br)c3ccccc3)CC[C@@]1(C)C(=O)O2. The fraction of sp³-hybridized carbons (Fsp3) is 0.588. The monoisotopic (exact) mass is 336 g/mol. The Bertz CT molecular complexity index is 539. The Morgan fingerprint density at radius 3 is 2.35 bits per heavy atom. The minimum Gasteiger partial charge on any atom is -0.458 e. The molecule has 2 nitrogen and oxygen atoms in total. The molecule has 1 aromatic rings. The first-order valence-electron chi connectivity index (χ1n) is 7.25. The molecule has 1 saturated carbocycles. The summed E-state index contributed by atoms with van der Waals surface area (Å²) in [5.74, 6) is -0.0125. The van der Waals surface area contributed by atoms with E-state index in [1.165, 1.54) is 5.56 Å². The van der Waals surface area contributed by atoms with E-state index in [0.717, 1.165) is 19.3 Å². The van der Waals surface area contributed by atoms with Crippen molar-refractivity contribution < 1.29 is 9.53 Å². The molecule has 2 bridgehead atoms. The quantitative estimate of drug-likeness (QED) is 0.594. The van der Waals surface area contributed by atoms with Crippen molar-refractivity contribution in [2.45, 2.75) is 50.5 Å². The smallest absolute Gasteiger partial charge is 0.313 e. The topological polar surface area (TPSA) is 26.3 Å². The largest absolute Gasteiger partial charge is 0.458 e. The zero-order valence-electron chi connectivity index (χ0n) is 12.3. The minimum atomic E-state index is -0.331. The molecule has 0 unspecified atom stereocenters. The molecule has 1 aliphatic heterocycles. The predicted molar refractivity (Wildman–Crippen MR) is 82.7 cm³/mol. The molecule has 108 valence electrons. The molecular weight excluding hydrogens is 316 g/mol. The van der Waals surface area contributed by atoms with Crippen molar-refractivity contribution in [3.63, 3.8) is 0 Å². The molecule has 2 aliphatic rings. The molecule has 1 aromatic carbocycles. The molecule has 3 atom stereocenters. The maximum Gasteiger partial charge on any atom is 0.313 e. The van der Waals surface area contributed by atoms with Crippen LogP contribution >= 0.6 is 15.9 Å². The van der Waals surface area contributed by atoms with Gasteiger partial charge in [-0.3, -0.25) is 4.79 Å². The number of hydrogen-bond donors (Lipinski definition) is 0. The molecule has 0 aromatic heterocycles. The average Bonchev–Trinajstić information content (AvgIpc) is 2.69. The van der Waals surface area contributed by atoms with Gasteiger partial charge in [-0.1, -0.05) is 60.1 Å². The van der Waals surface area contributed by atoms with Gasteiger partial charge in [-0.15, -0.1) is 0 Å². The van der Waals surface area contributed by atoms with E-state index in [1.54, 1.807) is 0 Å². The Kier molecular flexibility index (Phi) is 3.06. The molecule has 1 heterocycles. The number of hydrogen-bond acceptors (Lipinski definition) is 2. The first-order chi connectivity index (χ1) is 9.32. The number of carbonyl (C=O) groups excluding carboxylic acids is 1. The lowest BCUT2D eigenvalue weighted by atomic mass is 9.65. The molecule has 0 amide bonds. The van der Waals surface area contributed by atoms with Gasteiger partial charge in [-0.05, 0) is 25.3 Å². The number of benzene rings is 1. The van der Waals surface area contributed by atoms with Crippen molar-refractivity contribution in [1.82, 2.24) is 0 Å². The fourth-order valence-corrected chi connectivity index (χ4v) is 4.70. The first kappa shape index (κ1) is 14.1. The third-order valence-electron chi connectivity index (χ3n) is 5.96. The molecule has 1 aliphatic carbocycles. The van der Waals surface area contributed by atoms with Gasteiger partial charge < -0.3 is 4.74 Å². The van der Waals surface area contributed by atoms with Gasteiger partial charge in [-0.25, -0.2) is 0 Å². The van der Waals surface area contributed by atoms with E-state index in [2.05, 4.69) is 48.8 Å². The predicted octanol–water partition coefficient (Wildman–Crippen LogP) is 4.63. The second-order valence-electron chi connectivity index (χ2n) is 6.92. The highest BCUT2D eigenvalue weighted by Crippen LogP contribution is 2.67. The Balaban J connectivity index is 1.90. The Morgan fingerprint density at radius 2 is 1.85 bits per heavy atom. The second-order valence-corrected chi connectivity index (χ2v) is 8.03. The highest BCUT2D eigenvalue weighted by Gasteiger charge is 2.72. The normalized spacial score (nSPS) is 35.9. The average molecular weight is 337 g/mol. The van der Waals surface area contributed by atoms with Crippen LogP contribution in [0.1, 0.15) is 50.4 Å². The van der Waals surface area contributed by atoms with E-state index in [-0.39, 0.29) is 27.2 Å². The van der Waals surface area contributed by atoms with E-state index in [1.807, 2.05) is 18.2 Å². The summed E-state index contributed by atoms with van der Waals surface area (Å²) in [4.78, 5) is 12.5. The lowest BCUT2D eigenvalue weighted by Gasteiger charge is -2.38. The van der Waals surface area contributed by atoms with Crippen molar-refractivity contribution in [3.05, 3.63) is 35.9 Å². The van der Waals surface area contributed by atoms with Gasteiger partial charge in [-0.2, -0.15) is 0 Å². The van der Waals surface area contributed by atoms with E-state index >= 15 is 0 Å². The van der Waals surface area contributed by atoms with Gasteiger partial charge in [0.05, 0.1) is 5.41 Å². The first-order valence-corrected chi connectivity index (χ1v) is 8.16. The summed E-state index contributed by atoms with van der Waals surface area (Å²) in [6.45, 7) is 6.45.